The lowest BCUT2D eigenvalue weighted by Gasteiger charge is -2.31. The van der Waals surface area contributed by atoms with Gasteiger partial charge in [0.15, 0.2) is 11.5 Å². The van der Waals surface area contributed by atoms with Crippen molar-refractivity contribution in [3.63, 3.8) is 0 Å². The zero-order chi connectivity index (χ0) is 21.5. The minimum absolute atomic E-state index is 0.000955. The van der Waals surface area contributed by atoms with Crippen molar-refractivity contribution in [2.24, 2.45) is 0 Å². The smallest absolute Gasteiger partial charge is 0.253 e. The zero-order valence-electron chi connectivity index (χ0n) is 18.4. The fourth-order valence-corrected chi connectivity index (χ4v) is 4.06. The van der Waals surface area contributed by atoms with Gasteiger partial charge in [-0.25, -0.2) is 0 Å². The fraction of sp³-hybridized carbons (Fsp3) is 0.652. The number of amides is 2. The van der Waals surface area contributed by atoms with E-state index in [1.54, 1.807) is 37.1 Å². The van der Waals surface area contributed by atoms with E-state index in [0.717, 1.165) is 38.7 Å². The lowest BCUT2D eigenvalue weighted by Crippen LogP contribution is -2.40. The Hall–Kier alpha value is -2.28. The van der Waals surface area contributed by atoms with Crippen LogP contribution in [0.4, 0.5) is 0 Å². The quantitative estimate of drug-likeness (QED) is 0.681. The highest BCUT2D eigenvalue weighted by Crippen LogP contribution is 2.31. The maximum atomic E-state index is 12.9. The van der Waals surface area contributed by atoms with Gasteiger partial charge in [-0.2, -0.15) is 0 Å². The molecule has 2 aliphatic heterocycles. The first kappa shape index (κ1) is 22.4. The summed E-state index contributed by atoms with van der Waals surface area (Å²) in [7, 11) is 3.42. The molecular formula is C23H34N2O5. The summed E-state index contributed by atoms with van der Waals surface area (Å²) < 4.78 is 17.4. The van der Waals surface area contributed by atoms with E-state index in [4.69, 9.17) is 14.2 Å². The van der Waals surface area contributed by atoms with Crippen molar-refractivity contribution < 1.29 is 23.8 Å². The van der Waals surface area contributed by atoms with E-state index in [9.17, 15) is 9.59 Å². The van der Waals surface area contributed by atoms with Crippen LogP contribution in [0.25, 0.3) is 0 Å². The number of nitrogens with zero attached hydrogens (tertiary/aromatic N) is 2. The number of benzene rings is 1. The Morgan fingerprint density at radius 3 is 2.57 bits per heavy atom. The van der Waals surface area contributed by atoms with Crippen LogP contribution in [0.15, 0.2) is 18.2 Å². The highest BCUT2D eigenvalue weighted by molar-refractivity contribution is 5.94. The molecule has 2 fully saturated rings. The van der Waals surface area contributed by atoms with Gasteiger partial charge in [0, 0.05) is 58.6 Å². The van der Waals surface area contributed by atoms with E-state index in [-0.39, 0.29) is 24.0 Å². The molecule has 7 heteroatoms. The molecule has 0 aliphatic carbocycles. The van der Waals surface area contributed by atoms with Gasteiger partial charge in [-0.1, -0.05) is 0 Å². The minimum atomic E-state index is -0.0373. The number of hydrogen-bond acceptors (Lipinski definition) is 5. The molecule has 0 saturated carbocycles. The van der Waals surface area contributed by atoms with E-state index in [0.29, 0.717) is 36.7 Å². The number of hydrogen-bond donors (Lipinski definition) is 0. The van der Waals surface area contributed by atoms with Crippen LogP contribution in [0, 0.1) is 0 Å². The summed E-state index contributed by atoms with van der Waals surface area (Å²) in [5.41, 5.74) is 0.582. The summed E-state index contributed by atoms with van der Waals surface area (Å²) >= 11 is 0. The number of rotatable bonds is 7. The molecule has 2 aliphatic rings. The average Bonchev–Trinajstić information content (AvgIpc) is 2.78. The Labute approximate surface area is 179 Å². The van der Waals surface area contributed by atoms with Gasteiger partial charge in [0.05, 0.1) is 13.2 Å². The van der Waals surface area contributed by atoms with Crippen LogP contribution in [0.1, 0.15) is 55.8 Å². The monoisotopic (exact) mass is 418 g/mol. The van der Waals surface area contributed by atoms with Crippen molar-refractivity contribution in [2.45, 2.75) is 57.7 Å². The molecule has 0 bridgehead atoms. The van der Waals surface area contributed by atoms with Crippen LogP contribution in [0.5, 0.6) is 11.5 Å². The summed E-state index contributed by atoms with van der Waals surface area (Å²) in [6.45, 7) is 4.46. The molecule has 0 radical (unpaired) electrons. The molecule has 0 spiro atoms. The third-order valence-corrected chi connectivity index (χ3v) is 6.00. The van der Waals surface area contributed by atoms with Crippen LogP contribution in [-0.4, -0.2) is 74.2 Å². The number of likely N-dealkylation sites (tertiary alicyclic amines) is 1. The van der Waals surface area contributed by atoms with Gasteiger partial charge in [0.2, 0.25) is 5.91 Å². The van der Waals surface area contributed by atoms with Crippen molar-refractivity contribution >= 4 is 11.8 Å². The number of carbonyl (C=O) groups excluding carboxylic acids is 2. The maximum absolute atomic E-state index is 12.9. The molecule has 166 valence electrons. The molecular weight excluding hydrogens is 384 g/mol. The first-order chi connectivity index (χ1) is 14.5. The molecule has 1 aromatic rings. The summed E-state index contributed by atoms with van der Waals surface area (Å²) in [4.78, 5) is 28.0. The van der Waals surface area contributed by atoms with Gasteiger partial charge < -0.3 is 24.0 Å². The number of ether oxygens (including phenoxy) is 3. The molecule has 2 amide bonds. The second-order valence-corrected chi connectivity index (χ2v) is 8.19. The van der Waals surface area contributed by atoms with E-state index in [2.05, 4.69) is 0 Å². The normalized spacial score (nSPS) is 20.0. The molecule has 2 heterocycles. The third kappa shape index (κ3) is 5.88. The molecule has 1 atom stereocenters. The van der Waals surface area contributed by atoms with Crippen LogP contribution in [-0.2, 0) is 9.53 Å². The van der Waals surface area contributed by atoms with Gasteiger partial charge in [0.1, 0.15) is 6.10 Å². The maximum Gasteiger partial charge on any atom is 0.253 e. The number of carbonyl (C=O) groups is 2. The molecule has 3 rings (SSSR count). The highest BCUT2D eigenvalue weighted by Gasteiger charge is 2.24. The van der Waals surface area contributed by atoms with Crippen molar-refractivity contribution in [2.75, 3.05) is 40.4 Å². The van der Waals surface area contributed by atoms with E-state index >= 15 is 0 Å². The van der Waals surface area contributed by atoms with Crippen molar-refractivity contribution in [1.82, 2.24) is 9.80 Å². The largest absolute Gasteiger partial charge is 0.493 e. The van der Waals surface area contributed by atoms with Gasteiger partial charge >= 0.3 is 0 Å². The Morgan fingerprint density at radius 1 is 1.17 bits per heavy atom. The fourth-order valence-electron chi connectivity index (χ4n) is 4.06. The molecule has 30 heavy (non-hydrogen) atoms. The summed E-state index contributed by atoms with van der Waals surface area (Å²) in [6.07, 6.45) is 6.05. The molecule has 7 nitrogen and oxygen atoms in total. The second-order valence-electron chi connectivity index (χ2n) is 8.19. The second kappa shape index (κ2) is 10.7. The standard InChI is InChI=1S/C23H34N2O5/c1-17(26)25-13-10-20(11-14-25)30-22-16-18(7-8-21(22)28-3)23(27)24(2)12-9-19-6-4-5-15-29-19/h7-8,16,19-20H,4-6,9-15H2,1-3H3. The lowest BCUT2D eigenvalue weighted by atomic mass is 10.1. The molecule has 1 unspecified atom stereocenters. The van der Waals surface area contributed by atoms with Gasteiger partial charge in [-0.3, -0.25) is 9.59 Å². The Bertz CT molecular complexity index is 724. The van der Waals surface area contributed by atoms with Crippen molar-refractivity contribution in [3.8, 4) is 11.5 Å². The van der Waals surface area contributed by atoms with Crippen LogP contribution < -0.4 is 9.47 Å². The van der Waals surface area contributed by atoms with Gasteiger partial charge in [-0.05, 0) is 43.9 Å². The first-order valence-electron chi connectivity index (χ1n) is 10.9. The molecule has 2 saturated heterocycles. The van der Waals surface area contributed by atoms with Crippen LogP contribution >= 0.6 is 0 Å². The third-order valence-electron chi connectivity index (χ3n) is 6.00. The minimum Gasteiger partial charge on any atom is -0.493 e. The summed E-state index contributed by atoms with van der Waals surface area (Å²) in [6, 6.07) is 5.33. The predicted molar refractivity (Wildman–Crippen MR) is 114 cm³/mol. The SMILES string of the molecule is COc1ccc(C(=O)N(C)CCC2CCCCO2)cc1OC1CCN(C(C)=O)CC1. The zero-order valence-corrected chi connectivity index (χ0v) is 18.4. The van der Waals surface area contributed by atoms with Crippen molar-refractivity contribution in [1.29, 1.82) is 0 Å². The Morgan fingerprint density at radius 2 is 1.93 bits per heavy atom. The van der Waals surface area contributed by atoms with E-state index in [1.165, 1.54) is 6.42 Å². The van der Waals surface area contributed by atoms with E-state index < -0.39 is 0 Å². The summed E-state index contributed by atoms with van der Waals surface area (Å²) in [5, 5.41) is 0. The highest BCUT2D eigenvalue weighted by atomic mass is 16.5. The summed E-state index contributed by atoms with van der Waals surface area (Å²) in [5.74, 6) is 1.25. The van der Waals surface area contributed by atoms with Crippen LogP contribution in [0.2, 0.25) is 0 Å². The topological polar surface area (TPSA) is 68.3 Å². The van der Waals surface area contributed by atoms with E-state index in [1.807, 2.05) is 11.9 Å². The molecule has 1 aromatic carbocycles. The van der Waals surface area contributed by atoms with Gasteiger partial charge in [0.25, 0.3) is 5.91 Å². The Balaban J connectivity index is 1.60. The predicted octanol–water partition coefficient (Wildman–Crippen LogP) is 3.12. The Kier molecular flexibility index (Phi) is 7.96. The van der Waals surface area contributed by atoms with Crippen molar-refractivity contribution in [3.05, 3.63) is 23.8 Å². The first-order valence-corrected chi connectivity index (χ1v) is 10.9. The average molecular weight is 419 g/mol. The molecule has 0 aromatic heterocycles. The van der Waals surface area contributed by atoms with Crippen LogP contribution in [0.3, 0.4) is 0 Å². The van der Waals surface area contributed by atoms with Gasteiger partial charge in [-0.15, -0.1) is 0 Å². The number of methoxy groups -OCH3 is 1. The molecule has 0 N–H and O–H groups in total. The number of piperidine rings is 1. The lowest BCUT2D eigenvalue weighted by molar-refractivity contribution is -0.130.